The molecule has 2 heterocycles. The van der Waals surface area contributed by atoms with Gasteiger partial charge in [0.2, 0.25) is 0 Å². The van der Waals surface area contributed by atoms with Gasteiger partial charge in [0.05, 0.1) is 5.56 Å². The van der Waals surface area contributed by atoms with E-state index in [1.165, 1.54) is 17.8 Å². The van der Waals surface area contributed by atoms with Crippen LogP contribution in [0.1, 0.15) is 32.2 Å². The van der Waals surface area contributed by atoms with Crippen LogP contribution < -0.4 is 0 Å². The first kappa shape index (κ1) is 14.7. The van der Waals surface area contributed by atoms with Gasteiger partial charge in [-0.05, 0) is 31.9 Å². The van der Waals surface area contributed by atoms with E-state index in [2.05, 4.69) is 10.2 Å². The molecule has 0 amide bonds. The molecule has 1 aromatic carbocycles. The standard InChI is InChI=1S/C16H16FN3O2S/c1-9-8-13(15(21)22-9)23-16-19-18-14(20(16)10-6-7-10)11-4-2-3-5-12(11)17/h2-5,9-10,13H,6-8H2,1H3/t9-,13+/m0/s1. The third-order valence-electron chi connectivity index (χ3n) is 4.07. The van der Waals surface area contributed by atoms with E-state index in [0.29, 0.717) is 23.0 Å². The Kier molecular flexibility index (Phi) is 3.60. The number of nitrogens with zero attached hydrogens (tertiary/aromatic N) is 3. The molecule has 1 aliphatic carbocycles. The van der Waals surface area contributed by atoms with Crippen LogP contribution >= 0.6 is 11.8 Å². The highest BCUT2D eigenvalue weighted by Gasteiger charge is 2.37. The van der Waals surface area contributed by atoms with Crippen LogP contribution in [0.2, 0.25) is 0 Å². The molecule has 0 radical (unpaired) electrons. The van der Waals surface area contributed by atoms with Crippen molar-refractivity contribution in [1.82, 2.24) is 14.8 Å². The fourth-order valence-corrected chi connectivity index (χ4v) is 4.00. The molecule has 1 aliphatic heterocycles. The van der Waals surface area contributed by atoms with Gasteiger partial charge in [-0.25, -0.2) is 4.39 Å². The van der Waals surface area contributed by atoms with Crippen LogP contribution in [0, 0.1) is 5.82 Å². The van der Waals surface area contributed by atoms with Crippen molar-refractivity contribution in [2.45, 2.75) is 48.7 Å². The van der Waals surface area contributed by atoms with E-state index in [1.54, 1.807) is 18.2 Å². The van der Waals surface area contributed by atoms with Gasteiger partial charge < -0.3 is 4.74 Å². The molecule has 0 unspecified atom stereocenters. The molecular weight excluding hydrogens is 317 g/mol. The van der Waals surface area contributed by atoms with E-state index in [4.69, 9.17) is 4.74 Å². The Hall–Kier alpha value is -1.89. The lowest BCUT2D eigenvalue weighted by molar-refractivity contribution is -0.140. The summed E-state index contributed by atoms with van der Waals surface area (Å²) < 4.78 is 21.3. The van der Waals surface area contributed by atoms with Crippen LogP contribution in [0.3, 0.4) is 0 Å². The number of halogens is 1. The predicted octanol–water partition coefficient (Wildman–Crippen LogP) is 3.22. The third-order valence-corrected chi connectivity index (χ3v) is 5.22. The highest BCUT2D eigenvalue weighted by atomic mass is 32.2. The monoisotopic (exact) mass is 333 g/mol. The first-order chi connectivity index (χ1) is 11.1. The maximum atomic E-state index is 14.1. The Morgan fingerprint density at radius 2 is 2.09 bits per heavy atom. The molecule has 2 aliphatic rings. The second-order valence-corrected chi connectivity index (χ2v) is 7.15. The Balaban J connectivity index is 1.69. The number of cyclic esters (lactones) is 1. The first-order valence-electron chi connectivity index (χ1n) is 7.70. The van der Waals surface area contributed by atoms with Gasteiger partial charge in [-0.1, -0.05) is 23.9 Å². The van der Waals surface area contributed by atoms with Gasteiger partial charge in [0, 0.05) is 12.5 Å². The molecule has 0 spiro atoms. The van der Waals surface area contributed by atoms with E-state index in [-0.39, 0.29) is 29.2 Å². The number of carbonyl (C=O) groups excluding carboxylic acids is 1. The Bertz CT molecular complexity index is 760. The van der Waals surface area contributed by atoms with Gasteiger partial charge in [-0.2, -0.15) is 0 Å². The molecule has 1 saturated carbocycles. The first-order valence-corrected chi connectivity index (χ1v) is 8.58. The summed E-state index contributed by atoms with van der Waals surface area (Å²) in [5.74, 6) is 0.0139. The molecule has 2 atom stereocenters. The maximum Gasteiger partial charge on any atom is 0.319 e. The van der Waals surface area contributed by atoms with E-state index in [0.717, 1.165) is 12.8 Å². The average Bonchev–Trinajstić information content (AvgIpc) is 3.20. The Morgan fingerprint density at radius 3 is 2.74 bits per heavy atom. The highest BCUT2D eigenvalue weighted by molar-refractivity contribution is 8.00. The van der Waals surface area contributed by atoms with Gasteiger partial charge in [-0.3, -0.25) is 9.36 Å². The minimum Gasteiger partial charge on any atom is -0.462 e. The van der Waals surface area contributed by atoms with Gasteiger partial charge in [0.1, 0.15) is 17.2 Å². The number of aromatic nitrogens is 3. The Labute approximate surface area is 137 Å². The van der Waals surface area contributed by atoms with Gasteiger partial charge in [0.25, 0.3) is 0 Å². The zero-order chi connectivity index (χ0) is 16.0. The summed E-state index contributed by atoms with van der Waals surface area (Å²) >= 11 is 1.37. The van der Waals surface area contributed by atoms with Crippen LogP contribution in [0.4, 0.5) is 4.39 Å². The molecule has 120 valence electrons. The fraction of sp³-hybridized carbons (Fsp3) is 0.438. The molecule has 2 aromatic rings. The van der Waals surface area contributed by atoms with Gasteiger partial charge in [-0.15, -0.1) is 10.2 Å². The molecule has 4 rings (SSSR count). The number of carbonyl (C=O) groups is 1. The molecule has 5 nitrogen and oxygen atoms in total. The summed E-state index contributed by atoms with van der Waals surface area (Å²) in [5, 5.41) is 8.82. The number of benzene rings is 1. The van der Waals surface area contributed by atoms with Gasteiger partial charge >= 0.3 is 5.97 Å². The quantitative estimate of drug-likeness (QED) is 0.804. The zero-order valence-corrected chi connectivity index (χ0v) is 13.4. The van der Waals surface area contributed by atoms with Crippen LogP contribution in [0.25, 0.3) is 11.4 Å². The summed E-state index contributed by atoms with van der Waals surface area (Å²) in [5.41, 5.74) is 0.445. The number of thioether (sulfide) groups is 1. The van der Waals surface area contributed by atoms with Crippen molar-refractivity contribution in [2.75, 3.05) is 0 Å². The summed E-state index contributed by atoms with van der Waals surface area (Å²) in [4.78, 5) is 11.9. The van der Waals surface area contributed by atoms with Crippen molar-refractivity contribution in [2.24, 2.45) is 0 Å². The molecular formula is C16H16FN3O2S. The van der Waals surface area contributed by atoms with E-state index >= 15 is 0 Å². The largest absolute Gasteiger partial charge is 0.462 e. The number of esters is 1. The van der Waals surface area contributed by atoms with Crippen molar-refractivity contribution in [1.29, 1.82) is 0 Å². The summed E-state index contributed by atoms with van der Waals surface area (Å²) in [6, 6.07) is 6.86. The van der Waals surface area contributed by atoms with Gasteiger partial charge in [0.15, 0.2) is 11.0 Å². The summed E-state index contributed by atoms with van der Waals surface area (Å²) in [7, 11) is 0. The molecule has 1 aromatic heterocycles. The number of hydrogen-bond donors (Lipinski definition) is 0. The van der Waals surface area contributed by atoms with Crippen molar-refractivity contribution in [3.8, 4) is 11.4 Å². The highest BCUT2D eigenvalue weighted by Crippen LogP contribution is 2.43. The molecule has 0 bridgehead atoms. The smallest absolute Gasteiger partial charge is 0.319 e. The average molecular weight is 333 g/mol. The van der Waals surface area contributed by atoms with E-state index < -0.39 is 0 Å². The second kappa shape index (κ2) is 5.63. The molecule has 23 heavy (non-hydrogen) atoms. The summed E-state index contributed by atoms with van der Waals surface area (Å²) in [6.07, 6.45) is 2.65. The molecule has 0 N–H and O–H groups in total. The van der Waals surface area contributed by atoms with Crippen molar-refractivity contribution >= 4 is 17.7 Å². The Morgan fingerprint density at radius 1 is 1.30 bits per heavy atom. The van der Waals surface area contributed by atoms with E-state index in [1.807, 2.05) is 11.5 Å². The van der Waals surface area contributed by atoms with Crippen LogP contribution in [-0.2, 0) is 9.53 Å². The molecule has 1 saturated heterocycles. The predicted molar refractivity (Wildman–Crippen MR) is 83.5 cm³/mol. The lowest BCUT2D eigenvalue weighted by atomic mass is 10.2. The van der Waals surface area contributed by atoms with Crippen LogP contribution in [0.5, 0.6) is 0 Å². The normalized spacial score (nSPS) is 24.0. The SMILES string of the molecule is C[C@H]1C[C@@H](Sc2nnc(-c3ccccc3F)n2C2CC2)C(=O)O1. The molecule has 7 heteroatoms. The maximum absolute atomic E-state index is 14.1. The number of ether oxygens (including phenoxy) is 1. The lowest BCUT2D eigenvalue weighted by Gasteiger charge is -2.10. The van der Waals surface area contributed by atoms with Crippen LogP contribution in [0.15, 0.2) is 29.4 Å². The third kappa shape index (κ3) is 2.73. The van der Waals surface area contributed by atoms with Crippen LogP contribution in [-0.4, -0.2) is 32.1 Å². The minimum atomic E-state index is -0.313. The number of rotatable bonds is 4. The minimum absolute atomic E-state index is 0.0664. The lowest BCUT2D eigenvalue weighted by Crippen LogP contribution is -2.11. The second-order valence-electron chi connectivity index (χ2n) is 5.98. The number of hydrogen-bond acceptors (Lipinski definition) is 5. The molecule has 2 fully saturated rings. The topological polar surface area (TPSA) is 57.0 Å². The van der Waals surface area contributed by atoms with Crippen molar-refractivity contribution in [3.05, 3.63) is 30.1 Å². The van der Waals surface area contributed by atoms with Crippen molar-refractivity contribution in [3.63, 3.8) is 0 Å². The summed E-state index contributed by atoms with van der Waals surface area (Å²) in [6.45, 7) is 1.88. The zero-order valence-electron chi connectivity index (χ0n) is 12.6. The van der Waals surface area contributed by atoms with E-state index in [9.17, 15) is 9.18 Å². The van der Waals surface area contributed by atoms with Crippen molar-refractivity contribution < 1.29 is 13.9 Å². The fourth-order valence-electron chi connectivity index (χ4n) is 2.79.